The summed E-state index contributed by atoms with van der Waals surface area (Å²) in [4.78, 5) is 23.9. The first-order valence-corrected chi connectivity index (χ1v) is 13.0. The van der Waals surface area contributed by atoms with E-state index in [0.29, 0.717) is 42.7 Å². The Morgan fingerprint density at radius 3 is 2.59 bits per heavy atom. The van der Waals surface area contributed by atoms with Crippen molar-refractivity contribution in [1.29, 1.82) is 0 Å². The van der Waals surface area contributed by atoms with Crippen molar-refractivity contribution >= 4 is 39.7 Å². The zero-order valence-electron chi connectivity index (χ0n) is 20.7. The molecule has 0 radical (unpaired) electrons. The number of morpholine rings is 1. The predicted octanol–water partition coefficient (Wildman–Crippen LogP) is 4.37. The third-order valence-corrected chi connectivity index (χ3v) is 7.45. The molecule has 1 unspecified atom stereocenters. The molecule has 6 rings (SSSR count). The number of nitrogens with one attached hydrogen (secondary N) is 2. The van der Waals surface area contributed by atoms with Gasteiger partial charge in [-0.3, -0.25) is 4.79 Å². The van der Waals surface area contributed by atoms with Crippen molar-refractivity contribution in [2.75, 3.05) is 41.8 Å². The fraction of sp³-hybridized carbons (Fsp3) is 0.269. The summed E-state index contributed by atoms with van der Waals surface area (Å²) in [6.45, 7) is 2.76. The van der Waals surface area contributed by atoms with Crippen LogP contribution in [0.25, 0.3) is 11.6 Å². The highest BCUT2D eigenvalue weighted by Crippen LogP contribution is 2.42. The molecule has 2 aliphatic rings. The second-order valence-electron chi connectivity index (χ2n) is 9.00. The van der Waals surface area contributed by atoms with Crippen LogP contribution >= 0.6 is 11.3 Å². The van der Waals surface area contributed by atoms with E-state index in [1.807, 2.05) is 53.4 Å². The number of carbonyl (C=O) groups is 1. The highest BCUT2D eigenvalue weighted by Gasteiger charge is 2.34. The molecule has 2 N–H and O–H groups in total. The van der Waals surface area contributed by atoms with Crippen LogP contribution in [0.1, 0.15) is 23.1 Å². The van der Waals surface area contributed by atoms with Gasteiger partial charge in [-0.1, -0.05) is 65.0 Å². The van der Waals surface area contributed by atoms with E-state index in [9.17, 15) is 13.6 Å². The molecule has 2 aromatic heterocycles. The highest BCUT2D eigenvalue weighted by atomic mass is 32.1. The van der Waals surface area contributed by atoms with Crippen LogP contribution in [-0.4, -0.2) is 59.3 Å². The third kappa shape index (κ3) is 5.10. The van der Waals surface area contributed by atoms with Crippen molar-refractivity contribution in [3.05, 3.63) is 70.7 Å². The maximum Gasteiger partial charge on any atom is 0.317 e. The minimum absolute atomic E-state index is 0.0460. The highest BCUT2D eigenvalue weighted by molar-refractivity contribution is 7.16. The van der Waals surface area contributed by atoms with E-state index in [-0.39, 0.29) is 22.6 Å². The number of halogens is 2. The molecule has 0 bridgehead atoms. The minimum atomic E-state index is -3.14. The van der Waals surface area contributed by atoms with Crippen molar-refractivity contribution in [2.24, 2.45) is 4.99 Å². The summed E-state index contributed by atoms with van der Waals surface area (Å²) >= 11 is 0.882. The van der Waals surface area contributed by atoms with Gasteiger partial charge in [0.15, 0.2) is 10.7 Å². The number of hydrogen-bond donors (Lipinski definition) is 2. The SMILES string of the molecule is CC(F)(F)c1nc(-c2nnc(NC3N=C(c4ccccc4)c4ccccc4NC3=O)o2)c(N2CCOCC2)s1. The van der Waals surface area contributed by atoms with Gasteiger partial charge in [0, 0.05) is 31.1 Å². The summed E-state index contributed by atoms with van der Waals surface area (Å²) in [5.74, 6) is -3.61. The summed E-state index contributed by atoms with van der Waals surface area (Å²) in [5.41, 5.74) is 2.96. The predicted molar refractivity (Wildman–Crippen MR) is 143 cm³/mol. The Labute approximate surface area is 225 Å². The van der Waals surface area contributed by atoms with Gasteiger partial charge in [0.2, 0.25) is 6.17 Å². The number of aromatic nitrogens is 3. The molecule has 1 saturated heterocycles. The van der Waals surface area contributed by atoms with Crippen LogP contribution in [0.4, 0.5) is 25.5 Å². The number of fused-ring (bicyclic) bond motifs is 1. The largest absolute Gasteiger partial charge is 0.402 e. The van der Waals surface area contributed by atoms with Gasteiger partial charge < -0.3 is 24.7 Å². The van der Waals surface area contributed by atoms with Crippen LogP contribution in [0.3, 0.4) is 0 Å². The zero-order chi connectivity index (χ0) is 27.0. The van der Waals surface area contributed by atoms with Gasteiger partial charge in [-0.05, 0) is 6.07 Å². The van der Waals surface area contributed by atoms with E-state index in [2.05, 4.69) is 25.8 Å². The Bertz CT molecular complexity index is 1530. The van der Waals surface area contributed by atoms with Gasteiger partial charge in [0.1, 0.15) is 5.00 Å². The first-order valence-electron chi connectivity index (χ1n) is 12.2. The number of anilines is 3. The summed E-state index contributed by atoms with van der Waals surface area (Å²) in [6.07, 6.45) is -1.11. The molecule has 2 aliphatic heterocycles. The third-order valence-electron chi connectivity index (χ3n) is 6.16. The fourth-order valence-electron chi connectivity index (χ4n) is 4.29. The second kappa shape index (κ2) is 10.2. The molecule has 1 fully saturated rings. The van der Waals surface area contributed by atoms with Crippen LogP contribution < -0.4 is 15.5 Å². The van der Waals surface area contributed by atoms with E-state index in [4.69, 9.17) is 14.1 Å². The van der Waals surface area contributed by atoms with E-state index >= 15 is 0 Å². The molecule has 10 nitrogen and oxygen atoms in total. The molecule has 13 heteroatoms. The Hall–Kier alpha value is -4.23. The number of benzodiazepines with no additional fused rings is 1. The number of benzene rings is 2. The van der Waals surface area contributed by atoms with Gasteiger partial charge in [0.05, 0.1) is 24.6 Å². The quantitative estimate of drug-likeness (QED) is 0.363. The number of alkyl halides is 2. The molecule has 1 amide bonds. The lowest BCUT2D eigenvalue weighted by atomic mass is 10.0. The molecule has 4 aromatic rings. The topological polar surface area (TPSA) is 118 Å². The maximum absolute atomic E-state index is 14.2. The summed E-state index contributed by atoms with van der Waals surface area (Å²) in [5, 5.41) is 14.0. The lowest BCUT2D eigenvalue weighted by Gasteiger charge is -2.27. The molecule has 0 aliphatic carbocycles. The normalized spacial score (nSPS) is 17.7. The van der Waals surface area contributed by atoms with Crippen LogP contribution in [0, 0.1) is 0 Å². The number of ether oxygens (including phenoxy) is 1. The number of rotatable bonds is 6. The number of amides is 1. The number of hydrogen-bond acceptors (Lipinski definition) is 10. The van der Waals surface area contributed by atoms with E-state index in [0.717, 1.165) is 29.4 Å². The molecule has 2 aromatic carbocycles. The van der Waals surface area contributed by atoms with Crippen molar-refractivity contribution < 1.29 is 22.7 Å². The Morgan fingerprint density at radius 2 is 1.82 bits per heavy atom. The fourth-order valence-corrected chi connectivity index (χ4v) is 5.34. The molecule has 39 heavy (non-hydrogen) atoms. The maximum atomic E-state index is 14.2. The Morgan fingerprint density at radius 1 is 1.08 bits per heavy atom. The van der Waals surface area contributed by atoms with Crippen molar-refractivity contribution in [3.8, 4) is 11.6 Å². The van der Waals surface area contributed by atoms with E-state index < -0.39 is 18.0 Å². The van der Waals surface area contributed by atoms with Gasteiger partial charge in [-0.2, -0.15) is 8.78 Å². The molecule has 4 heterocycles. The lowest BCUT2D eigenvalue weighted by Crippen LogP contribution is -2.36. The van der Waals surface area contributed by atoms with Crippen molar-refractivity contribution in [2.45, 2.75) is 19.0 Å². The lowest BCUT2D eigenvalue weighted by molar-refractivity contribution is -0.116. The number of carbonyl (C=O) groups excluding carboxylic acids is 1. The molecule has 0 saturated carbocycles. The molecule has 1 atom stereocenters. The smallest absolute Gasteiger partial charge is 0.317 e. The van der Waals surface area contributed by atoms with Gasteiger partial charge in [-0.15, -0.1) is 5.10 Å². The van der Waals surface area contributed by atoms with Gasteiger partial charge in [0.25, 0.3) is 17.7 Å². The summed E-state index contributed by atoms with van der Waals surface area (Å²) in [6, 6.07) is 16.8. The van der Waals surface area contributed by atoms with Crippen LogP contribution in [0.5, 0.6) is 0 Å². The molecule has 0 spiro atoms. The minimum Gasteiger partial charge on any atom is -0.402 e. The number of thiazole rings is 1. The van der Waals surface area contributed by atoms with Gasteiger partial charge >= 0.3 is 6.01 Å². The monoisotopic (exact) mass is 551 g/mol. The van der Waals surface area contributed by atoms with Gasteiger partial charge in [-0.25, -0.2) is 9.98 Å². The zero-order valence-corrected chi connectivity index (χ0v) is 21.5. The molecular formula is C26H23F2N7O3S. The first kappa shape index (κ1) is 25.1. The van der Waals surface area contributed by atoms with Crippen molar-refractivity contribution in [3.63, 3.8) is 0 Å². The average Bonchev–Trinajstić information content (AvgIpc) is 3.57. The Balaban J connectivity index is 1.33. The average molecular weight is 552 g/mol. The van der Waals surface area contributed by atoms with E-state index in [1.165, 1.54) is 0 Å². The molecular weight excluding hydrogens is 528 g/mol. The van der Waals surface area contributed by atoms with Crippen molar-refractivity contribution in [1.82, 2.24) is 15.2 Å². The first-order chi connectivity index (χ1) is 18.9. The summed E-state index contributed by atoms with van der Waals surface area (Å²) in [7, 11) is 0. The molecule has 200 valence electrons. The summed E-state index contributed by atoms with van der Waals surface area (Å²) < 4.78 is 39.6. The Kier molecular flexibility index (Phi) is 6.53. The number of nitrogens with zero attached hydrogens (tertiary/aromatic N) is 5. The van der Waals surface area contributed by atoms with Crippen LogP contribution in [0.2, 0.25) is 0 Å². The van der Waals surface area contributed by atoms with Crippen LogP contribution in [-0.2, 0) is 15.5 Å². The number of aliphatic imine (C=N–C) groups is 1. The standard InChI is InChI=1S/C26H23F2N7O3S/c1-26(27,28)24-31-19(23(39-24)35-11-13-37-14-12-35)22-33-34-25(38-22)32-20-21(36)29-17-10-6-5-9-16(17)18(30-20)15-7-3-2-4-8-15/h2-10,20H,11-14H2,1H3,(H,29,36)(H,32,34). The van der Waals surface area contributed by atoms with E-state index in [1.54, 1.807) is 6.07 Å². The number of para-hydroxylation sites is 1. The van der Waals surface area contributed by atoms with Crippen LogP contribution in [0.15, 0.2) is 64.0 Å². The second-order valence-corrected chi connectivity index (χ2v) is 9.98.